The fourth-order valence-electron chi connectivity index (χ4n) is 1.67. The Morgan fingerprint density at radius 1 is 1.60 bits per heavy atom. The highest BCUT2D eigenvalue weighted by Crippen LogP contribution is 2.25. The van der Waals surface area contributed by atoms with Crippen LogP contribution in [0, 0.1) is 6.92 Å². The van der Waals surface area contributed by atoms with Crippen LogP contribution in [0.4, 0.5) is 0 Å². The molecule has 0 aliphatic carbocycles. The van der Waals surface area contributed by atoms with Crippen LogP contribution in [0.2, 0.25) is 0 Å². The minimum Gasteiger partial charge on any atom is -0.349 e. The van der Waals surface area contributed by atoms with Crippen LogP contribution in [-0.2, 0) is 6.42 Å². The summed E-state index contributed by atoms with van der Waals surface area (Å²) < 4.78 is 0. The topological polar surface area (TPSA) is 40.7 Å². The number of aryl methyl sites for hydroxylation is 1. The maximum atomic E-state index is 4.25. The third-order valence-corrected chi connectivity index (χ3v) is 3.65. The van der Waals surface area contributed by atoms with Crippen molar-refractivity contribution in [3.05, 3.63) is 40.1 Å². The van der Waals surface area contributed by atoms with E-state index in [9.17, 15) is 0 Å². The summed E-state index contributed by atoms with van der Waals surface area (Å²) in [5.74, 6) is 1.03. The first kappa shape index (κ1) is 10.4. The Hall–Kier alpha value is -1.13. The molecule has 2 N–H and O–H groups in total. The van der Waals surface area contributed by atoms with E-state index in [2.05, 4.69) is 33.7 Å². The van der Waals surface area contributed by atoms with Crippen molar-refractivity contribution >= 4 is 11.3 Å². The summed E-state index contributed by atoms with van der Waals surface area (Å²) in [6.07, 6.45) is 4.57. The van der Waals surface area contributed by atoms with Gasteiger partial charge in [-0.1, -0.05) is 0 Å². The van der Waals surface area contributed by atoms with Gasteiger partial charge >= 0.3 is 0 Å². The highest BCUT2D eigenvalue weighted by molar-refractivity contribution is 7.10. The van der Waals surface area contributed by atoms with Crippen molar-refractivity contribution in [2.45, 2.75) is 19.4 Å². The number of aromatic amines is 1. The molecule has 0 amide bonds. The van der Waals surface area contributed by atoms with Crippen LogP contribution >= 0.6 is 11.3 Å². The van der Waals surface area contributed by atoms with E-state index in [0.717, 1.165) is 12.2 Å². The molecule has 80 valence electrons. The van der Waals surface area contributed by atoms with Gasteiger partial charge in [0, 0.05) is 29.7 Å². The Morgan fingerprint density at radius 3 is 3.00 bits per heavy atom. The summed E-state index contributed by atoms with van der Waals surface area (Å²) in [6.45, 7) is 2.15. The predicted octanol–water partition coefficient (Wildman–Crippen LogP) is 2.28. The monoisotopic (exact) mass is 221 g/mol. The quantitative estimate of drug-likeness (QED) is 0.831. The van der Waals surface area contributed by atoms with E-state index < -0.39 is 0 Å². The molecule has 2 aromatic heterocycles. The lowest BCUT2D eigenvalue weighted by molar-refractivity contribution is 0.585. The van der Waals surface area contributed by atoms with E-state index in [4.69, 9.17) is 0 Å². The number of nitrogens with zero attached hydrogens (tertiary/aromatic N) is 1. The van der Waals surface area contributed by atoms with Crippen molar-refractivity contribution in [3.8, 4) is 0 Å². The third-order valence-electron chi connectivity index (χ3n) is 2.52. The molecule has 0 aromatic carbocycles. The average Bonchev–Trinajstić information content (AvgIpc) is 2.85. The van der Waals surface area contributed by atoms with E-state index in [1.807, 2.05) is 13.2 Å². The maximum absolute atomic E-state index is 4.25. The fourth-order valence-corrected chi connectivity index (χ4v) is 2.71. The fraction of sp³-hybridized carbons (Fsp3) is 0.364. The Labute approximate surface area is 93.6 Å². The predicted molar refractivity (Wildman–Crippen MR) is 63.1 cm³/mol. The number of aromatic nitrogens is 2. The molecular weight excluding hydrogens is 206 g/mol. The second-order valence-electron chi connectivity index (χ2n) is 3.55. The van der Waals surface area contributed by atoms with Gasteiger partial charge < -0.3 is 10.3 Å². The van der Waals surface area contributed by atoms with Gasteiger partial charge in [0.15, 0.2) is 0 Å². The molecule has 0 saturated heterocycles. The van der Waals surface area contributed by atoms with Gasteiger partial charge in [0.25, 0.3) is 0 Å². The molecule has 0 aliphatic rings. The molecule has 2 aromatic rings. The molecule has 0 saturated carbocycles. The minimum atomic E-state index is 0.358. The zero-order valence-corrected chi connectivity index (χ0v) is 9.77. The number of hydrogen-bond donors (Lipinski definition) is 2. The summed E-state index contributed by atoms with van der Waals surface area (Å²) in [5.41, 5.74) is 1.35. The number of rotatable bonds is 4. The number of hydrogen-bond acceptors (Lipinski definition) is 3. The molecule has 0 fully saturated rings. The van der Waals surface area contributed by atoms with Gasteiger partial charge in [-0.15, -0.1) is 11.3 Å². The van der Waals surface area contributed by atoms with Crippen molar-refractivity contribution in [1.29, 1.82) is 0 Å². The van der Waals surface area contributed by atoms with Gasteiger partial charge in [0.05, 0.1) is 0 Å². The molecule has 3 nitrogen and oxygen atoms in total. The van der Waals surface area contributed by atoms with Crippen molar-refractivity contribution in [2.24, 2.45) is 0 Å². The van der Waals surface area contributed by atoms with Crippen LogP contribution in [-0.4, -0.2) is 17.0 Å². The lowest BCUT2D eigenvalue weighted by Gasteiger charge is -2.14. The summed E-state index contributed by atoms with van der Waals surface area (Å²) in [5, 5.41) is 5.47. The number of imidazole rings is 1. The van der Waals surface area contributed by atoms with E-state index >= 15 is 0 Å². The lowest BCUT2D eigenvalue weighted by Crippen LogP contribution is -2.19. The van der Waals surface area contributed by atoms with E-state index in [1.54, 1.807) is 17.5 Å². The molecule has 0 spiro atoms. The first-order chi connectivity index (χ1) is 7.31. The average molecular weight is 221 g/mol. The van der Waals surface area contributed by atoms with Crippen LogP contribution in [0.3, 0.4) is 0 Å². The van der Waals surface area contributed by atoms with Crippen molar-refractivity contribution in [1.82, 2.24) is 15.3 Å². The maximum Gasteiger partial charge on any atom is 0.107 e. The summed E-state index contributed by atoms with van der Waals surface area (Å²) in [7, 11) is 1.99. The highest BCUT2D eigenvalue weighted by atomic mass is 32.1. The van der Waals surface area contributed by atoms with Gasteiger partial charge in [-0.2, -0.15) is 0 Å². The smallest absolute Gasteiger partial charge is 0.107 e. The van der Waals surface area contributed by atoms with E-state index in [0.29, 0.717) is 6.04 Å². The largest absolute Gasteiger partial charge is 0.349 e. The molecule has 1 atom stereocenters. The van der Waals surface area contributed by atoms with Crippen molar-refractivity contribution in [3.63, 3.8) is 0 Å². The Bertz CT molecular complexity index is 405. The van der Waals surface area contributed by atoms with Gasteiger partial charge in [-0.3, -0.25) is 0 Å². The van der Waals surface area contributed by atoms with Crippen LogP contribution < -0.4 is 5.32 Å². The number of nitrogens with one attached hydrogen (secondary N) is 2. The summed E-state index contributed by atoms with van der Waals surface area (Å²) >= 11 is 1.80. The normalized spacial score (nSPS) is 12.9. The Morgan fingerprint density at radius 2 is 2.47 bits per heavy atom. The van der Waals surface area contributed by atoms with Crippen LogP contribution in [0.25, 0.3) is 0 Å². The highest BCUT2D eigenvalue weighted by Gasteiger charge is 2.14. The molecule has 0 radical (unpaired) electrons. The SMILES string of the molecule is CNC(Cc1ncc[nH]1)c1sccc1C. The second kappa shape index (κ2) is 4.59. The van der Waals surface area contributed by atoms with Gasteiger partial charge in [0.1, 0.15) is 5.82 Å². The standard InChI is InChI=1S/C11H15N3S/c1-8-3-6-15-11(8)9(12-2)7-10-13-4-5-14-10/h3-6,9,12H,7H2,1-2H3,(H,13,14). The van der Waals surface area contributed by atoms with E-state index in [1.165, 1.54) is 10.4 Å². The lowest BCUT2D eigenvalue weighted by atomic mass is 10.1. The van der Waals surface area contributed by atoms with Crippen LogP contribution in [0.5, 0.6) is 0 Å². The molecule has 0 aliphatic heterocycles. The zero-order valence-electron chi connectivity index (χ0n) is 8.95. The van der Waals surface area contributed by atoms with Crippen molar-refractivity contribution < 1.29 is 0 Å². The number of thiophene rings is 1. The first-order valence-corrected chi connectivity index (χ1v) is 5.88. The Kier molecular flexibility index (Phi) is 3.18. The van der Waals surface area contributed by atoms with Gasteiger partial charge in [0.2, 0.25) is 0 Å². The summed E-state index contributed by atoms with van der Waals surface area (Å²) in [6, 6.07) is 2.52. The second-order valence-corrected chi connectivity index (χ2v) is 4.50. The molecule has 2 heterocycles. The molecule has 4 heteroatoms. The third kappa shape index (κ3) is 2.27. The molecule has 0 bridgehead atoms. The minimum absolute atomic E-state index is 0.358. The Balaban J connectivity index is 2.15. The molecule has 1 unspecified atom stereocenters. The zero-order chi connectivity index (χ0) is 10.7. The van der Waals surface area contributed by atoms with Gasteiger partial charge in [-0.25, -0.2) is 4.98 Å². The first-order valence-electron chi connectivity index (χ1n) is 5.00. The summed E-state index contributed by atoms with van der Waals surface area (Å²) in [4.78, 5) is 8.79. The van der Waals surface area contributed by atoms with E-state index in [-0.39, 0.29) is 0 Å². The molecule has 15 heavy (non-hydrogen) atoms. The molecule has 2 rings (SSSR count). The number of likely N-dealkylation sites (N-methyl/N-ethyl adjacent to an activating group) is 1. The van der Waals surface area contributed by atoms with Crippen LogP contribution in [0.1, 0.15) is 22.3 Å². The molecular formula is C11H15N3S. The number of H-pyrrole nitrogens is 1. The van der Waals surface area contributed by atoms with Crippen LogP contribution in [0.15, 0.2) is 23.8 Å². The van der Waals surface area contributed by atoms with Crippen molar-refractivity contribution in [2.75, 3.05) is 7.05 Å². The van der Waals surface area contributed by atoms with Gasteiger partial charge in [-0.05, 0) is 31.0 Å².